The van der Waals surface area contributed by atoms with Crippen LogP contribution in [-0.2, 0) is 0 Å². The van der Waals surface area contributed by atoms with Crippen LogP contribution in [-0.4, -0.2) is 23.0 Å². The molecule has 0 saturated carbocycles. The second-order valence-corrected chi connectivity index (χ2v) is 5.63. The first-order chi connectivity index (χ1) is 9.58. The number of aromatic nitrogens is 1. The Bertz CT molecular complexity index is 486. The maximum absolute atomic E-state index is 11.3. The summed E-state index contributed by atoms with van der Waals surface area (Å²) < 4.78 is 0. The molecular weight excluding hydrogens is 254 g/mol. The van der Waals surface area contributed by atoms with Gasteiger partial charge in [-0.25, -0.2) is 4.98 Å². The van der Waals surface area contributed by atoms with E-state index in [4.69, 9.17) is 0 Å². The van der Waals surface area contributed by atoms with Crippen LogP contribution >= 0.6 is 0 Å². The molecule has 1 aliphatic rings. The molecule has 110 valence electrons. The van der Waals surface area contributed by atoms with E-state index in [0.717, 1.165) is 19.5 Å². The molecule has 0 bridgehead atoms. The molecule has 0 aromatic carbocycles. The Kier molecular flexibility index (Phi) is 4.57. The van der Waals surface area contributed by atoms with Crippen LogP contribution < -0.4 is 4.90 Å². The summed E-state index contributed by atoms with van der Waals surface area (Å²) in [7, 11) is 0. The number of nitrogens with zero attached hydrogens (tertiary/aromatic N) is 3. The SMILES string of the molecule is CCC(CC)C1CCN(c2nccc(C)c2[N+](=O)[O-])C1. The average Bonchev–Trinajstić information content (AvgIpc) is 2.89. The van der Waals surface area contributed by atoms with Crippen molar-refractivity contribution in [3.8, 4) is 0 Å². The minimum atomic E-state index is -0.303. The molecule has 0 radical (unpaired) electrons. The highest BCUT2D eigenvalue weighted by molar-refractivity contribution is 5.61. The fourth-order valence-electron chi connectivity index (χ4n) is 3.31. The van der Waals surface area contributed by atoms with Gasteiger partial charge in [-0.2, -0.15) is 0 Å². The molecule has 1 atom stereocenters. The van der Waals surface area contributed by atoms with Crippen molar-refractivity contribution in [1.29, 1.82) is 0 Å². The van der Waals surface area contributed by atoms with Gasteiger partial charge in [-0.05, 0) is 31.2 Å². The monoisotopic (exact) mass is 277 g/mol. The standard InChI is InChI=1S/C15H23N3O2/c1-4-12(5-2)13-7-9-17(10-13)15-14(18(19)20)11(3)6-8-16-15/h6,8,12-13H,4-5,7,9-10H2,1-3H3. The van der Waals surface area contributed by atoms with Crippen LogP contribution in [0.15, 0.2) is 12.3 Å². The maximum atomic E-state index is 11.3. The van der Waals surface area contributed by atoms with Gasteiger partial charge in [-0.15, -0.1) is 0 Å². The molecule has 0 amide bonds. The number of rotatable bonds is 5. The van der Waals surface area contributed by atoms with E-state index in [-0.39, 0.29) is 10.6 Å². The fourth-order valence-corrected chi connectivity index (χ4v) is 3.31. The number of anilines is 1. The number of hydrogen-bond acceptors (Lipinski definition) is 4. The molecule has 1 aromatic heterocycles. The highest BCUT2D eigenvalue weighted by atomic mass is 16.6. The number of nitro groups is 1. The van der Waals surface area contributed by atoms with E-state index in [1.165, 1.54) is 12.8 Å². The van der Waals surface area contributed by atoms with E-state index < -0.39 is 0 Å². The van der Waals surface area contributed by atoms with Gasteiger partial charge < -0.3 is 4.90 Å². The Labute approximate surface area is 120 Å². The summed E-state index contributed by atoms with van der Waals surface area (Å²) in [5.74, 6) is 1.89. The van der Waals surface area contributed by atoms with E-state index >= 15 is 0 Å². The second kappa shape index (κ2) is 6.20. The topological polar surface area (TPSA) is 59.3 Å². The zero-order valence-electron chi connectivity index (χ0n) is 12.5. The quantitative estimate of drug-likeness (QED) is 0.610. The van der Waals surface area contributed by atoms with Crippen LogP contribution in [0.4, 0.5) is 11.5 Å². The predicted octanol–water partition coefficient (Wildman–Crippen LogP) is 3.56. The third-order valence-corrected chi connectivity index (χ3v) is 4.53. The van der Waals surface area contributed by atoms with Gasteiger partial charge in [0.25, 0.3) is 0 Å². The lowest BCUT2D eigenvalue weighted by atomic mass is 9.87. The van der Waals surface area contributed by atoms with Crippen molar-refractivity contribution in [2.75, 3.05) is 18.0 Å². The summed E-state index contributed by atoms with van der Waals surface area (Å²) >= 11 is 0. The van der Waals surface area contributed by atoms with Crippen molar-refractivity contribution in [1.82, 2.24) is 4.98 Å². The summed E-state index contributed by atoms with van der Waals surface area (Å²) in [4.78, 5) is 17.3. The zero-order chi connectivity index (χ0) is 14.7. The molecule has 2 rings (SSSR count). The molecule has 5 nitrogen and oxygen atoms in total. The van der Waals surface area contributed by atoms with Crippen LogP contribution in [0.3, 0.4) is 0 Å². The van der Waals surface area contributed by atoms with Gasteiger partial charge in [-0.1, -0.05) is 26.7 Å². The van der Waals surface area contributed by atoms with Crippen molar-refractivity contribution in [2.45, 2.75) is 40.0 Å². The first kappa shape index (κ1) is 14.8. The highest BCUT2D eigenvalue weighted by Crippen LogP contribution is 2.35. The molecule has 1 fully saturated rings. The van der Waals surface area contributed by atoms with Gasteiger partial charge in [-0.3, -0.25) is 10.1 Å². The molecule has 1 aliphatic heterocycles. The van der Waals surface area contributed by atoms with Crippen molar-refractivity contribution < 1.29 is 4.92 Å². The lowest BCUT2D eigenvalue weighted by Gasteiger charge is -2.22. The van der Waals surface area contributed by atoms with Crippen molar-refractivity contribution in [2.24, 2.45) is 11.8 Å². The van der Waals surface area contributed by atoms with Gasteiger partial charge in [0.1, 0.15) is 0 Å². The van der Waals surface area contributed by atoms with Crippen LogP contribution in [0.2, 0.25) is 0 Å². The molecule has 0 N–H and O–H groups in total. The van der Waals surface area contributed by atoms with E-state index in [0.29, 0.717) is 23.2 Å². The summed E-state index contributed by atoms with van der Waals surface area (Å²) in [6.45, 7) is 7.99. The summed E-state index contributed by atoms with van der Waals surface area (Å²) in [6.07, 6.45) is 5.14. The molecular formula is C15H23N3O2. The fraction of sp³-hybridized carbons (Fsp3) is 0.667. The van der Waals surface area contributed by atoms with Crippen LogP contribution in [0.5, 0.6) is 0 Å². The van der Waals surface area contributed by atoms with Gasteiger partial charge in [0.15, 0.2) is 0 Å². The minimum absolute atomic E-state index is 0.165. The Morgan fingerprint density at radius 1 is 1.50 bits per heavy atom. The largest absolute Gasteiger partial charge is 0.351 e. The summed E-state index contributed by atoms with van der Waals surface area (Å²) in [5.41, 5.74) is 0.851. The smallest absolute Gasteiger partial charge is 0.314 e. The Morgan fingerprint density at radius 2 is 2.20 bits per heavy atom. The second-order valence-electron chi connectivity index (χ2n) is 5.63. The van der Waals surface area contributed by atoms with Crippen LogP contribution in [0, 0.1) is 28.9 Å². The first-order valence-electron chi connectivity index (χ1n) is 7.43. The zero-order valence-corrected chi connectivity index (χ0v) is 12.5. The van der Waals surface area contributed by atoms with Gasteiger partial charge in [0.05, 0.1) is 4.92 Å². The molecule has 0 aliphatic carbocycles. The van der Waals surface area contributed by atoms with Crippen LogP contribution in [0.25, 0.3) is 0 Å². The van der Waals surface area contributed by atoms with Crippen molar-refractivity contribution in [3.05, 3.63) is 27.9 Å². The molecule has 2 heterocycles. The predicted molar refractivity (Wildman–Crippen MR) is 80.0 cm³/mol. The number of pyridine rings is 1. The van der Waals surface area contributed by atoms with Gasteiger partial charge in [0.2, 0.25) is 5.82 Å². The van der Waals surface area contributed by atoms with Gasteiger partial charge >= 0.3 is 5.69 Å². The third-order valence-electron chi connectivity index (χ3n) is 4.53. The third kappa shape index (κ3) is 2.76. The lowest BCUT2D eigenvalue weighted by Crippen LogP contribution is -2.24. The first-order valence-corrected chi connectivity index (χ1v) is 7.43. The van der Waals surface area contributed by atoms with Crippen molar-refractivity contribution in [3.63, 3.8) is 0 Å². The van der Waals surface area contributed by atoms with Gasteiger partial charge in [0, 0.05) is 24.8 Å². The normalized spacial score (nSPS) is 18.8. The molecule has 1 unspecified atom stereocenters. The Hall–Kier alpha value is -1.65. The minimum Gasteiger partial charge on any atom is -0.351 e. The highest BCUT2D eigenvalue weighted by Gasteiger charge is 2.32. The molecule has 0 spiro atoms. The van der Waals surface area contributed by atoms with E-state index in [9.17, 15) is 10.1 Å². The number of aryl methyl sites for hydroxylation is 1. The van der Waals surface area contributed by atoms with Crippen molar-refractivity contribution >= 4 is 11.5 Å². The summed E-state index contributed by atoms with van der Waals surface area (Å²) in [5, 5.41) is 11.3. The number of hydrogen-bond donors (Lipinski definition) is 0. The van der Waals surface area contributed by atoms with E-state index in [2.05, 4.69) is 23.7 Å². The van der Waals surface area contributed by atoms with E-state index in [1.807, 2.05) is 0 Å². The maximum Gasteiger partial charge on any atom is 0.314 e. The van der Waals surface area contributed by atoms with E-state index in [1.54, 1.807) is 19.2 Å². The molecule has 1 aromatic rings. The van der Waals surface area contributed by atoms with Crippen LogP contribution in [0.1, 0.15) is 38.7 Å². The Morgan fingerprint density at radius 3 is 2.80 bits per heavy atom. The molecule has 5 heteroatoms. The Balaban J connectivity index is 2.22. The lowest BCUT2D eigenvalue weighted by molar-refractivity contribution is -0.384. The molecule has 20 heavy (non-hydrogen) atoms. The average molecular weight is 277 g/mol. The molecule has 1 saturated heterocycles. The summed E-state index contributed by atoms with van der Waals surface area (Å²) in [6, 6.07) is 1.70.